The molecule has 0 atom stereocenters. The quantitative estimate of drug-likeness (QED) is 0.834. The Bertz CT molecular complexity index is 926. The lowest BCUT2D eigenvalue weighted by molar-refractivity contribution is 0.0939. The predicted octanol–water partition coefficient (Wildman–Crippen LogP) is 3.44. The zero-order valence-electron chi connectivity index (χ0n) is 13.8. The number of benzene rings is 2. The lowest BCUT2D eigenvalue weighted by Gasteiger charge is -2.16. The van der Waals surface area contributed by atoms with Crippen LogP contribution in [0.2, 0.25) is 0 Å². The van der Waals surface area contributed by atoms with Crippen molar-refractivity contribution >= 4 is 21.6 Å². The Labute approximate surface area is 150 Å². The highest BCUT2D eigenvalue weighted by Crippen LogP contribution is 2.24. The summed E-state index contributed by atoms with van der Waals surface area (Å²) in [6.45, 7) is 0. The Kier molecular flexibility index (Phi) is 5.22. The second kappa shape index (κ2) is 7.41. The highest BCUT2D eigenvalue weighted by atomic mass is 32.2. The minimum absolute atomic E-state index is 0.00616. The normalized spacial score (nSPS) is 15.0. The van der Waals surface area contributed by atoms with E-state index in [1.54, 1.807) is 12.1 Å². The summed E-state index contributed by atoms with van der Waals surface area (Å²) < 4.78 is 54.2. The Morgan fingerprint density at radius 1 is 1.04 bits per heavy atom. The van der Waals surface area contributed by atoms with Crippen LogP contribution in [0.25, 0.3) is 0 Å². The van der Waals surface area contributed by atoms with Crippen molar-refractivity contribution in [1.29, 1.82) is 0 Å². The van der Waals surface area contributed by atoms with E-state index in [0.717, 1.165) is 37.8 Å². The van der Waals surface area contributed by atoms with Crippen LogP contribution in [0.4, 0.5) is 14.5 Å². The van der Waals surface area contributed by atoms with Crippen molar-refractivity contribution in [2.45, 2.75) is 36.6 Å². The van der Waals surface area contributed by atoms with E-state index >= 15 is 0 Å². The lowest BCUT2D eigenvalue weighted by atomic mass is 10.1. The van der Waals surface area contributed by atoms with Crippen molar-refractivity contribution in [3.05, 3.63) is 59.7 Å². The maximum Gasteiger partial charge on any atom is 0.264 e. The first kappa shape index (κ1) is 18.3. The third kappa shape index (κ3) is 4.01. The van der Waals surface area contributed by atoms with Crippen LogP contribution in [0.5, 0.6) is 0 Å². The number of halogens is 2. The fraction of sp³-hybridized carbons (Fsp3) is 0.278. The van der Waals surface area contributed by atoms with Gasteiger partial charge in [-0.25, -0.2) is 17.2 Å². The summed E-state index contributed by atoms with van der Waals surface area (Å²) >= 11 is 0. The van der Waals surface area contributed by atoms with E-state index < -0.39 is 32.5 Å². The number of sulfonamides is 1. The van der Waals surface area contributed by atoms with Crippen LogP contribution in [0, 0.1) is 11.6 Å². The van der Waals surface area contributed by atoms with Crippen LogP contribution in [0.3, 0.4) is 0 Å². The summed E-state index contributed by atoms with van der Waals surface area (Å²) in [4.78, 5) is 11.7. The number of para-hydroxylation sites is 1. The highest BCUT2D eigenvalue weighted by molar-refractivity contribution is 7.92. The Morgan fingerprint density at radius 2 is 1.73 bits per heavy atom. The topological polar surface area (TPSA) is 75.3 Å². The Morgan fingerprint density at radius 3 is 2.46 bits per heavy atom. The minimum Gasteiger partial charge on any atom is -0.349 e. The van der Waals surface area contributed by atoms with Gasteiger partial charge in [0.05, 0.1) is 11.3 Å². The van der Waals surface area contributed by atoms with Crippen molar-refractivity contribution < 1.29 is 22.0 Å². The maximum atomic E-state index is 13.8. The molecule has 0 aliphatic heterocycles. The van der Waals surface area contributed by atoms with Gasteiger partial charge in [-0.15, -0.1) is 0 Å². The first-order valence-corrected chi connectivity index (χ1v) is 9.73. The molecular weight excluding hydrogens is 362 g/mol. The number of hydrogen-bond acceptors (Lipinski definition) is 3. The van der Waals surface area contributed by atoms with Crippen molar-refractivity contribution in [3.8, 4) is 0 Å². The number of amides is 1. The standard InChI is InChI=1S/C18H18F2N2O3S/c19-12-9-10-15(20)17(11-12)26(24,25)22-16-8-4-3-7-14(16)18(23)21-13-5-1-2-6-13/h3-4,7-11,13,22H,1-2,5-6H2,(H,21,23). The number of carbonyl (C=O) groups excluding carboxylic acids is 1. The first-order chi connectivity index (χ1) is 12.4. The average Bonchev–Trinajstić information content (AvgIpc) is 3.10. The second-order valence-corrected chi connectivity index (χ2v) is 7.83. The molecule has 1 amide bonds. The van der Waals surface area contributed by atoms with Crippen molar-refractivity contribution in [3.63, 3.8) is 0 Å². The van der Waals surface area contributed by atoms with E-state index in [9.17, 15) is 22.0 Å². The van der Waals surface area contributed by atoms with Crippen LogP contribution >= 0.6 is 0 Å². The van der Waals surface area contributed by atoms with Crippen molar-refractivity contribution in [1.82, 2.24) is 5.32 Å². The molecule has 0 heterocycles. The van der Waals surface area contributed by atoms with E-state index in [1.165, 1.54) is 12.1 Å². The smallest absolute Gasteiger partial charge is 0.264 e. The molecule has 0 unspecified atom stereocenters. The molecule has 2 aromatic rings. The van der Waals surface area contributed by atoms with Crippen molar-refractivity contribution in [2.75, 3.05) is 4.72 Å². The molecule has 0 saturated heterocycles. The minimum atomic E-state index is -4.39. The molecule has 138 valence electrons. The maximum absolute atomic E-state index is 13.8. The van der Waals surface area contributed by atoms with E-state index in [4.69, 9.17) is 0 Å². The summed E-state index contributed by atoms with van der Waals surface area (Å²) in [5.74, 6) is -2.36. The van der Waals surface area contributed by atoms with Gasteiger partial charge in [0.25, 0.3) is 15.9 Å². The molecule has 0 radical (unpaired) electrons. The number of anilines is 1. The van der Waals surface area contributed by atoms with Gasteiger partial charge in [0.15, 0.2) is 0 Å². The van der Waals surface area contributed by atoms with Crippen molar-refractivity contribution in [2.24, 2.45) is 0 Å². The van der Waals surface area contributed by atoms with Crippen LogP contribution < -0.4 is 10.0 Å². The summed E-state index contributed by atoms with van der Waals surface area (Å²) in [6, 6.07) is 8.25. The molecule has 8 heteroatoms. The molecule has 0 aromatic heterocycles. The molecule has 1 aliphatic rings. The van der Waals surface area contributed by atoms with Gasteiger partial charge in [-0.3, -0.25) is 9.52 Å². The van der Waals surface area contributed by atoms with Gasteiger partial charge >= 0.3 is 0 Å². The van der Waals surface area contributed by atoms with E-state index in [2.05, 4.69) is 10.0 Å². The van der Waals surface area contributed by atoms with Gasteiger partial charge in [-0.2, -0.15) is 0 Å². The fourth-order valence-corrected chi connectivity index (χ4v) is 4.16. The number of nitrogens with one attached hydrogen (secondary N) is 2. The Hall–Kier alpha value is -2.48. The van der Waals surface area contributed by atoms with Gasteiger partial charge < -0.3 is 5.32 Å². The van der Waals surface area contributed by atoms with Crippen LogP contribution in [-0.2, 0) is 10.0 Å². The molecule has 1 saturated carbocycles. The predicted molar refractivity (Wildman–Crippen MR) is 93.3 cm³/mol. The van der Waals surface area contributed by atoms with E-state index in [1.807, 2.05) is 0 Å². The molecule has 2 N–H and O–H groups in total. The molecule has 26 heavy (non-hydrogen) atoms. The first-order valence-electron chi connectivity index (χ1n) is 8.24. The average molecular weight is 380 g/mol. The van der Waals surface area contributed by atoms with E-state index in [0.29, 0.717) is 6.07 Å². The van der Waals surface area contributed by atoms with Crippen LogP contribution in [-0.4, -0.2) is 20.4 Å². The summed E-state index contributed by atoms with van der Waals surface area (Å²) in [7, 11) is -4.39. The molecule has 2 aromatic carbocycles. The zero-order valence-corrected chi connectivity index (χ0v) is 14.7. The van der Waals surface area contributed by atoms with Crippen LogP contribution in [0.1, 0.15) is 36.0 Å². The largest absolute Gasteiger partial charge is 0.349 e. The zero-order chi connectivity index (χ0) is 18.7. The van der Waals surface area contributed by atoms with Crippen LogP contribution in [0.15, 0.2) is 47.4 Å². The highest BCUT2D eigenvalue weighted by Gasteiger charge is 2.24. The molecule has 0 spiro atoms. The molecule has 1 fully saturated rings. The van der Waals surface area contributed by atoms with E-state index in [-0.39, 0.29) is 17.3 Å². The molecule has 1 aliphatic carbocycles. The number of rotatable bonds is 5. The van der Waals surface area contributed by atoms with Gasteiger partial charge in [0.1, 0.15) is 16.5 Å². The molecular formula is C18H18F2N2O3S. The van der Waals surface area contributed by atoms with Gasteiger partial charge in [-0.1, -0.05) is 25.0 Å². The SMILES string of the molecule is O=C(NC1CCCC1)c1ccccc1NS(=O)(=O)c1cc(F)ccc1F. The lowest BCUT2D eigenvalue weighted by Crippen LogP contribution is -2.33. The number of hydrogen-bond donors (Lipinski definition) is 2. The third-order valence-corrected chi connectivity index (χ3v) is 5.67. The Balaban J connectivity index is 1.87. The second-order valence-electron chi connectivity index (χ2n) is 6.18. The van der Waals surface area contributed by atoms with Gasteiger partial charge in [-0.05, 0) is 43.2 Å². The van der Waals surface area contributed by atoms with Gasteiger partial charge in [0, 0.05) is 6.04 Å². The molecule has 3 rings (SSSR count). The number of carbonyl (C=O) groups is 1. The summed E-state index contributed by atoms with van der Waals surface area (Å²) in [6.07, 6.45) is 3.85. The summed E-state index contributed by atoms with van der Waals surface area (Å²) in [5.41, 5.74) is 0.131. The monoisotopic (exact) mass is 380 g/mol. The fourth-order valence-electron chi connectivity index (χ4n) is 2.99. The molecule has 5 nitrogen and oxygen atoms in total. The summed E-state index contributed by atoms with van der Waals surface area (Å²) in [5, 5.41) is 2.87. The third-order valence-electron chi connectivity index (χ3n) is 4.29. The van der Waals surface area contributed by atoms with Gasteiger partial charge in [0.2, 0.25) is 0 Å². The molecule has 0 bridgehead atoms.